The van der Waals surface area contributed by atoms with Crippen LogP contribution in [0.4, 0.5) is 5.69 Å². The van der Waals surface area contributed by atoms with Crippen LogP contribution >= 0.6 is 0 Å². The van der Waals surface area contributed by atoms with Crippen molar-refractivity contribution < 1.29 is 9.59 Å². The maximum Gasteiger partial charge on any atom is 0.227 e. The number of anilines is 1. The van der Waals surface area contributed by atoms with Crippen LogP contribution in [0.25, 0.3) is 10.9 Å². The van der Waals surface area contributed by atoms with Gasteiger partial charge < -0.3 is 14.3 Å². The van der Waals surface area contributed by atoms with E-state index < -0.39 is 0 Å². The molecule has 0 fully saturated rings. The van der Waals surface area contributed by atoms with Crippen LogP contribution < -0.4 is 4.90 Å². The number of carbonyl (C=O) groups excluding carboxylic acids is 2. The second-order valence-electron chi connectivity index (χ2n) is 4.80. The first-order valence-corrected chi connectivity index (χ1v) is 6.30. The van der Waals surface area contributed by atoms with E-state index in [1.54, 1.807) is 11.9 Å². The number of ketones is 1. The second-order valence-corrected chi connectivity index (χ2v) is 4.80. The molecule has 19 heavy (non-hydrogen) atoms. The first-order valence-electron chi connectivity index (χ1n) is 6.30. The van der Waals surface area contributed by atoms with Gasteiger partial charge in [-0.3, -0.25) is 4.79 Å². The van der Waals surface area contributed by atoms with Crippen LogP contribution in [0.15, 0.2) is 30.5 Å². The number of aryl methyl sites for hydroxylation is 1. The number of hydrogen-bond acceptors (Lipinski definition) is 2. The van der Waals surface area contributed by atoms with Crippen LogP contribution in [0.5, 0.6) is 0 Å². The third-order valence-electron chi connectivity index (χ3n) is 3.30. The minimum absolute atomic E-state index is 0.0356. The number of aromatic nitrogens is 1. The van der Waals surface area contributed by atoms with Gasteiger partial charge in [-0.05, 0) is 13.0 Å². The highest BCUT2D eigenvalue weighted by Crippen LogP contribution is 2.28. The summed E-state index contributed by atoms with van der Waals surface area (Å²) in [5.74, 6) is 0.00576. The fourth-order valence-electron chi connectivity index (χ4n) is 2.17. The van der Waals surface area contributed by atoms with E-state index in [0.29, 0.717) is 6.42 Å². The number of Topliss-reactive ketones (excluding diaryl/α,β-unsaturated/α-hetero) is 1. The van der Waals surface area contributed by atoms with E-state index in [0.717, 1.165) is 16.6 Å². The molecule has 0 aliphatic heterocycles. The Hall–Kier alpha value is -2.10. The summed E-state index contributed by atoms with van der Waals surface area (Å²) in [5.41, 5.74) is 1.97. The molecule has 1 heterocycles. The van der Waals surface area contributed by atoms with Crippen molar-refractivity contribution in [1.29, 1.82) is 0 Å². The Labute approximate surface area is 112 Å². The lowest BCUT2D eigenvalue weighted by Gasteiger charge is -2.15. The second kappa shape index (κ2) is 5.26. The van der Waals surface area contributed by atoms with Crippen molar-refractivity contribution in [3.8, 4) is 0 Å². The standard InChI is InChI=1S/C15H18N2O2/c1-11(18)8-9-15(19)17(3)14-10-16(2)13-7-5-4-6-12(13)14/h4-7,10H,8-9H2,1-3H3. The van der Waals surface area contributed by atoms with Gasteiger partial charge in [0.05, 0.1) is 5.69 Å². The molecule has 0 bridgehead atoms. The Morgan fingerprint density at radius 1 is 1.21 bits per heavy atom. The summed E-state index contributed by atoms with van der Waals surface area (Å²) >= 11 is 0. The van der Waals surface area contributed by atoms with Crippen LogP contribution in [-0.4, -0.2) is 23.3 Å². The van der Waals surface area contributed by atoms with Gasteiger partial charge >= 0.3 is 0 Å². The lowest BCUT2D eigenvalue weighted by atomic mass is 10.2. The highest BCUT2D eigenvalue weighted by molar-refractivity contribution is 6.03. The summed E-state index contributed by atoms with van der Waals surface area (Å²) in [6.45, 7) is 1.51. The van der Waals surface area contributed by atoms with E-state index in [-0.39, 0.29) is 18.1 Å². The number of fused-ring (bicyclic) bond motifs is 1. The number of carbonyl (C=O) groups is 2. The number of amides is 1. The topological polar surface area (TPSA) is 42.3 Å². The lowest BCUT2D eigenvalue weighted by Crippen LogP contribution is -2.26. The molecule has 4 nitrogen and oxygen atoms in total. The van der Waals surface area contributed by atoms with Gasteiger partial charge in [-0.15, -0.1) is 0 Å². The Morgan fingerprint density at radius 3 is 2.58 bits per heavy atom. The van der Waals surface area contributed by atoms with E-state index >= 15 is 0 Å². The molecule has 0 unspecified atom stereocenters. The fourth-order valence-corrected chi connectivity index (χ4v) is 2.17. The van der Waals surface area contributed by atoms with Gasteiger partial charge in [0, 0.05) is 44.0 Å². The Balaban J connectivity index is 2.28. The zero-order chi connectivity index (χ0) is 14.0. The van der Waals surface area contributed by atoms with Crippen molar-refractivity contribution in [2.24, 2.45) is 7.05 Å². The number of para-hydroxylation sites is 1. The maximum atomic E-state index is 12.1. The normalized spacial score (nSPS) is 10.7. The molecule has 0 saturated heterocycles. The van der Waals surface area contributed by atoms with Crippen molar-refractivity contribution in [2.75, 3.05) is 11.9 Å². The smallest absolute Gasteiger partial charge is 0.227 e. The summed E-state index contributed by atoms with van der Waals surface area (Å²) in [5, 5.41) is 1.05. The molecule has 0 atom stereocenters. The number of hydrogen-bond donors (Lipinski definition) is 0. The van der Waals surface area contributed by atoms with Crippen molar-refractivity contribution in [2.45, 2.75) is 19.8 Å². The summed E-state index contributed by atoms with van der Waals surface area (Å²) in [4.78, 5) is 24.6. The average Bonchev–Trinajstić information content (AvgIpc) is 2.73. The minimum atomic E-state index is -0.0356. The van der Waals surface area contributed by atoms with Gasteiger partial charge in [-0.1, -0.05) is 18.2 Å². The SMILES string of the molecule is CC(=O)CCC(=O)N(C)c1cn(C)c2ccccc12. The maximum absolute atomic E-state index is 12.1. The molecule has 0 spiro atoms. The number of benzene rings is 1. The molecule has 2 rings (SSSR count). The van der Waals surface area contributed by atoms with Crippen molar-refractivity contribution in [3.05, 3.63) is 30.5 Å². The molecule has 0 radical (unpaired) electrons. The summed E-state index contributed by atoms with van der Waals surface area (Å²) in [7, 11) is 3.71. The number of nitrogens with zero attached hydrogens (tertiary/aromatic N) is 2. The predicted octanol–water partition coefficient (Wildman–Crippen LogP) is 2.51. The highest BCUT2D eigenvalue weighted by Gasteiger charge is 2.16. The van der Waals surface area contributed by atoms with Crippen LogP contribution in [0.3, 0.4) is 0 Å². The summed E-state index contributed by atoms with van der Waals surface area (Å²) < 4.78 is 2.00. The van der Waals surface area contributed by atoms with Crippen LogP contribution in [-0.2, 0) is 16.6 Å². The van der Waals surface area contributed by atoms with Crippen molar-refractivity contribution in [3.63, 3.8) is 0 Å². The zero-order valence-electron chi connectivity index (χ0n) is 11.5. The largest absolute Gasteiger partial charge is 0.348 e. The van der Waals surface area contributed by atoms with E-state index in [1.807, 2.05) is 42.1 Å². The minimum Gasteiger partial charge on any atom is -0.348 e. The molecule has 1 aromatic carbocycles. The molecule has 100 valence electrons. The van der Waals surface area contributed by atoms with Gasteiger partial charge in [-0.25, -0.2) is 0 Å². The summed E-state index contributed by atoms with van der Waals surface area (Å²) in [6.07, 6.45) is 2.50. The van der Waals surface area contributed by atoms with E-state index in [2.05, 4.69) is 0 Å². The molecular weight excluding hydrogens is 240 g/mol. The molecule has 0 saturated carbocycles. The average molecular weight is 258 g/mol. The zero-order valence-corrected chi connectivity index (χ0v) is 11.5. The molecule has 4 heteroatoms. The first-order chi connectivity index (χ1) is 9.00. The van der Waals surface area contributed by atoms with E-state index in [9.17, 15) is 9.59 Å². The quantitative estimate of drug-likeness (QED) is 0.845. The molecule has 1 aromatic heterocycles. The molecule has 0 aliphatic rings. The third-order valence-corrected chi connectivity index (χ3v) is 3.30. The van der Waals surface area contributed by atoms with Gasteiger partial charge in [-0.2, -0.15) is 0 Å². The van der Waals surface area contributed by atoms with Crippen LogP contribution in [0.1, 0.15) is 19.8 Å². The van der Waals surface area contributed by atoms with Crippen LogP contribution in [0, 0.1) is 0 Å². The van der Waals surface area contributed by atoms with Gasteiger partial charge in [0.1, 0.15) is 5.78 Å². The summed E-state index contributed by atoms with van der Waals surface area (Å²) in [6, 6.07) is 7.95. The third kappa shape index (κ3) is 2.67. The van der Waals surface area contributed by atoms with Gasteiger partial charge in [0.15, 0.2) is 0 Å². The fraction of sp³-hybridized carbons (Fsp3) is 0.333. The Bertz CT molecular complexity index is 628. The molecule has 0 aliphatic carbocycles. The number of rotatable bonds is 4. The predicted molar refractivity (Wildman–Crippen MR) is 76.2 cm³/mol. The van der Waals surface area contributed by atoms with E-state index in [4.69, 9.17) is 0 Å². The van der Waals surface area contributed by atoms with E-state index in [1.165, 1.54) is 6.92 Å². The lowest BCUT2D eigenvalue weighted by molar-refractivity contribution is -0.122. The molecular formula is C15H18N2O2. The first kappa shape index (κ1) is 13.3. The Morgan fingerprint density at radius 2 is 1.89 bits per heavy atom. The van der Waals surface area contributed by atoms with Crippen molar-refractivity contribution >= 4 is 28.3 Å². The molecule has 1 amide bonds. The molecule has 0 N–H and O–H groups in total. The highest BCUT2D eigenvalue weighted by atomic mass is 16.2. The van der Waals surface area contributed by atoms with Gasteiger partial charge in [0.25, 0.3) is 0 Å². The molecule has 2 aromatic rings. The monoisotopic (exact) mass is 258 g/mol. The van der Waals surface area contributed by atoms with Crippen molar-refractivity contribution in [1.82, 2.24) is 4.57 Å². The van der Waals surface area contributed by atoms with Crippen LogP contribution in [0.2, 0.25) is 0 Å². The Kier molecular flexibility index (Phi) is 3.69. The van der Waals surface area contributed by atoms with Gasteiger partial charge in [0.2, 0.25) is 5.91 Å².